The van der Waals surface area contributed by atoms with Crippen molar-refractivity contribution in [3.05, 3.63) is 36.8 Å². The molecule has 0 saturated carbocycles. The average Bonchev–Trinajstić information content (AvgIpc) is 2.29. The molecule has 0 fully saturated rings. The molecule has 0 aliphatic heterocycles. The molecule has 0 saturated heterocycles. The van der Waals surface area contributed by atoms with Crippen LogP contribution in [0, 0.1) is 6.42 Å². The highest BCUT2D eigenvalue weighted by molar-refractivity contribution is 5.21. The second kappa shape index (κ2) is 7.33. The largest absolute Gasteiger partial charge is 0.490 e. The van der Waals surface area contributed by atoms with Crippen molar-refractivity contribution in [2.45, 2.75) is 45.6 Å². The summed E-state index contributed by atoms with van der Waals surface area (Å²) < 4.78 is 5.90. The zero-order valence-electron chi connectivity index (χ0n) is 9.78. The van der Waals surface area contributed by atoms with E-state index in [4.69, 9.17) is 4.74 Å². The van der Waals surface area contributed by atoms with E-state index in [2.05, 4.69) is 20.3 Å². The first kappa shape index (κ1) is 12.1. The summed E-state index contributed by atoms with van der Waals surface area (Å²) in [6.07, 6.45) is 7.23. The quantitative estimate of drug-likeness (QED) is 0.605. The zero-order chi connectivity index (χ0) is 10.9. The van der Waals surface area contributed by atoms with E-state index in [0.717, 1.165) is 18.6 Å². The first-order valence-electron chi connectivity index (χ1n) is 5.86. The Morgan fingerprint density at radius 3 is 2.60 bits per heavy atom. The van der Waals surface area contributed by atoms with Gasteiger partial charge >= 0.3 is 0 Å². The predicted octanol–water partition coefficient (Wildman–Crippen LogP) is 4.24. The van der Waals surface area contributed by atoms with E-state index >= 15 is 0 Å². The molecule has 0 heterocycles. The number of hydrogen-bond donors (Lipinski definition) is 0. The SMILES string of the molecule is C[CH]CCCC(CC)Oc1ccccc1. The van der Waals surface area contributed by atoms with Crippen LogP contribution in [0.5, 0.6) is 5.75 Å². The van der Waals surface area contributed by atoms with Gasteiger partial charge in [0.2, 0.25) is 0 Å². The van der Waals surface area contributed by atoms with E-state index in [0.29, 0.717) is 6.10 Å². The number of para-hydroxylation sites is 1. The van der Waals surface area contributed by atoms with Gasteiger partial charge in [0.15, 0.2) is 0 Å². The molecule has 1 rings (SSSR count). The Labute approximate surface area is 93.5 Å². The van der Waals surface area contributed by atoms with Gasteiger partial charge < -0.3 is 4.74 Å². The number of hydrogen-bond acceptors (Lipinski definition) is 1. The molecule has 1 radical (unpaired) electrons. The van der Waals surface area contributed by atoms with Gasteiger partial charge in [-0.3, -0.25) is 0 Å². The lowest BCUT2D eigenvalue weighted by atomic mass is 10.1. The first-order chi connectivity index (χ1) is 7.36. The van der Waals surface area contributed by atoms with Crippen molar-refractivity contribution < 1.29 is 4.74 Å². The molecule has 1 aromatic rings. The lowest BCUT2D eigenvalue weighted by molar-refractivity contribution is 0.184. The Kier molecular flexibility index (Phi) is 5.91. The van der Waals surface area contributed by atoms with E-state index in [-0.39, 0.29) is 0 Å². The molecule has 0 aliphatic carbocycles. The van der Waals surface area contributed by atoms with Crippen molar-refractivity contribution in [1.29, 1.82) is 0 Å². The van der Waals surface area contributed by atoms with Crippen LogP contribution in [0.1, 0.15) is 39.5 Å². The molecule has 1 unspecified atom stereocenters. The summed E-state index contributed by atoms with van der Waals surface area (Å²) in [6.45, 7) is 4.29. The molecular formula is C14H21O. The monoisotopic (exact) mass is 205 g/mol. The van der Waals surface area contributed by atoms with Crippen LogP contribution >= 0.6 is 0 Å². The molecule has 1 aromatic carbocycles. The third kappa shape index (κ3) is 4.87. The summed E-state index contributed by atoms with van der Waals surface area (Å²) in [5, 5.41) is 0. The lowest BCUT2D eigenvalue weighted by Crippen LogP contribution is -2.15. The molecule has 0 aromatic heterocycles. The molecule has 1 heteroatoms. The van der Waals surface area contributed by atoms with E-state index in [1.54, 1.807) is 0 Å². The number of rotatable bonds is 7. The fourth-order valence-electron chi connectivity index (χ4n) is 1.59. The number of unbranched alkanes of at least 4 members (excludes halogenated alkanes) is 2. The molecule has 1 atom stereocenters. The maximum atomic E-state index is 5.90. The minimum absolute atomic E-state index is 0.368. The number of benzene rings is 1. The Hall–Kier alpha value is -0.980. The Bertz CT molecular complexity index is 243. The van der Waals surface area contributed by atoms with E-state index in [1.165, 1.54) is 12.8 Å². The third-order valence-electron chi connectivity index (χ3n) is 2.52. The maximum Gasteiger partial charge on any atom is 0.119 e. The van der Waals surface area contributed by atoms with Crippen LogP contribution in [0.25, 0.3) is 0 Å². The Morgan fingerprint density at radius 1 is 1.27 bits per heavy atom. The topological polar surface area (TPSA) is 9.23 Å². The molecule has 0 spiro atoms. The van der Waals surface area contributed by atoms with E-state index < -0.39 is 0 Å². The minimum Gasteiger partial charge on any atom is -0.490 e. The molecule has 83 valence electrons. The Morgan fingerprint density at radius 2 is 2.00 bits per heavy atom. The van der Waals surface area contributed by atoms with Crippen molar-refractivity contribution in [1.82, 2.24) is 0 Å². The van der Waals surface area contributed by atoms with Crippen LogP contribution in [0.15, 0.2) is 30.3 Å². The van der Waals surface area contributed by atoms with Crippen molar-refractivity contribution in [2.75, 3.05) is 0 Å². The summed E-state index contributed by atoms with van der Waals surface area (Å²) in [6, 6.07) is 10.1. The van der Waals surface area contributed by atoms with E-state index in [1.807, 2.05) is 30.3 Å². The second-order valence-corrected chi connectivity index (χ2v) is 3.80. The summed E-state index contributed by atoms with van der Waals surface area (Å²) in [7, 11) is 0. The molecule has 0 amide bonds. The van der Waals surface area contributed by atoms with Gasteiger partial charge in [-0.05, 0) is 37.8 Å². The van der Waals surface area contributed by atoms with Gasteiger partial charge in [-0.25, -0.2) is 0 Å². The second-order valence-electron chi connectivity index (χ2n) is 3.80. The van der Waals surface area contributed by atoms with Gasteiger partial charge in [-0.15, -0.1) is 0 Å². The summed E-state index contributed by atoms with van der Waals surface area (Å²) in [5.74, 6) is 0.991. The highest BCUT2D eigenvalue weighted by atomic mass is 16.5. The van der Waals surface area contributed by atoms with Gasteiger partial charge in [-0.1, -0.05) is 38.5 Å². The normalized spacial score (nSPS) is 12.4. The van der Waals surface area contributed by atoms with Gasteiger partial charge in [-0.2, -0.15) is 0 Å². The highest BCUT2D eigenvalue weighted by Gasteiger charge is 2.06. The molecule has 0 aliphatic rings. The van der Waals surface area contributed by atoms with Gasteiger partial charge in [0.1, 0.15) is 5.75 Å². The summed E-state index contributed by atoms with van der Waals surface area (Å²) >= 11 is 0. The fraction of sp³-hybridized carbons (Fsp3) is 0.500. The van der Waals surface area contributed by atoms with Crippen LogP contribution in [-0.4, -0.2) is 6.10 Å². The first-order valence-corrected chi connectivity index (χ1v) is 5.86. The minimum atomic E-state index is 0.368. The zero-order valence-corrected chi connectivity index (χ0v) is 9.78. The van der Waals surface area contributed by atoms with Crippen molar-refractivity contribution in [3.63, 3.8) is 0 Å². The maximum absolute atomic E-state index is 5.90. The standard InChI is InChI=1S/C14H21O/c1-3-5-7-10-13(4-2)15-14-11-8-6-9-12-14/h3,6,8-9,11-13H,4-5,7,10H2,1-2H3. The van der Waals surface area contributed by atoms with Crippen LogP contribution in [-0.2, 0) is 0 Å². The molecular weight excluding hydrogens is 184 g/mol. The van der Waals surface area contributed by atoms with Crippen molar-refractivity contribution in [2.24, 2.45) is 0 Å². The fourth-order valence-corrected chi connectivity index (χ4v) is 1.59. The smallest absolute Gasteiger partial charge is 0.119 e. The highest BCUT2D eigenvalue weighted by Crippen LogP contribution is 2.16. The van der Waals surface area contributed by atoms with Crippen LogP contribution in [0.2, 0.25) is 0 Å². The van der Waals surface area contributed by atoms with Gasteiger partial charge in [0.25, 0.3) is 0 Å². The van der Waals surface area contributed by atoms with Crippen molar-refractivity contribution >= 4 is 0 Å². The molecule has 15 heavy (non-hydrogen) atoms. The van der Waals surface area contributed by atoms with E-state index in [9.17, 15) is 0 Å². The van der Waals surface area contributed by atoms with Crippen LogP contribution in [0.3, 0.4) is 0 Å². The van der Waals surface area contributed by atoms with Gasteiger partial charge in [0.05, 0.1) is 6.10 Å². The molecule has 0 N–H and O–H groups in total. The van der Waals surface area contributed by atoms with Crippen LogP contribution in [0.4, 0.5) is 0 Å². The molecule has 0 bridgehead atoms. The summed E-state index contributed by atoms with van der Waals surface area (Å²) in [5.41, 5.74) is 0. The summed E-state index contributed by atoms with van der Waals surface area (Å²) in [4.78, 5) is 0. The van der Waals surface area contributed by atoms with Crippen molar-refractivity contribution in [3.8, 4) is 5.75 Å². The van der Waals surface area contributed by atoms with Gasteiger partial charge in [0, 0.05) is 0 Å². The lowest BCUT2D eigenvalue weighted by Gasteiger charge is -2.17. The average molecular weight is 205 g/mol. The number of ether oxygens (including phenoxy) is 1. The Balaban J connectivity index is 2.33. The third-order valence-corrected chi connectivity index (χ3v) is 2.52. The predicted molar refractivity (Wildman–Crippen MR) is 65.0 cm³/mol. The molecule has 1 nitrogen and oxygen atoms in total. The van der Waals surface area contributed by atoms with Crippen LogP contribution < -0.4 is 4.74 Å².